The second-order valence-electron chi connectivity index (χ2n) is 7.97. The van der Waals surface area contributed by atoms with Crippen LogP contribution in [0.3, 0.4) is 0 Å². The van der Waals surface area contributed by atoms with Gasteiger partial charge in [0.1, 0.15) is 0 Å². The number of amides is 1. The van der Waals surface area contributed by atoms with E-state index >= 15 is 0 Å². The van der Waals surface area contributed by atoms with E-state index in [0.717, 1.165) is 49.7 Å². The largest absolute Gasteiger partial charge is 0.379 e. The van der Waals surface area contributed by atoms with Crippen LogP contribution >= 0.6 is 0 Å². The lowest BCUT2D eigenvalue weighted by Crippen LogP contribution is -2.35. The molecule has 0 aromatic heterocycles. The molecule has 1 saturated heterocycles. The van der Waals surface area contributed by atoms with Crippen LogP contribution in [0.15, 0.2) is 47.4 Å². The number of anilines is 1. The second-order valence-corrected chi connectivity index (χ2v) is 9.74. The predicted molar refractivity (Wildman–Crippen MR) is 119 cm³/mol. The highest BCUT2D eigenvalue weighted by atomic mass is 32.2. The second kappa shape index (κ2) is 9.48. The molecule has 1 fully saturated rings. The van der Waals surface area contributed by atoms with Crippen LogP contribution in [0, 0.1) is 0 Å². The SMILES string of the molecule is CCC(=O)N1CCc2cc(S(=O)(=O)NCc3ccc(CN4CCOCC4)cc3)ccc21. The van der Waals surface area contributed by atoms with Gasteiger partial charge in [-0.15, -0.1) is 0 Å². The van der Waals surface area contributed by atoms with E-state index in [0.29, 0.717) is 19.4 Å². The molecule has 2 aromatic carbocycles. The zero-order chi connectivity index (χ0) is 21.8. The zero-order valence-electron chi connectivity index (χ0n) is 17.8. The van der Waals surface area contributed by atoms with Gasteiger partial charge in [-0.3, -0.25) is 9.69 Å². The van der Waals surface area contributed by atoms with E-state index in [-0.39, 0.29) is 17.3 Å². The molecule has 8 heteroatoms. The maximum absolute atomic E-state index is 12.8. The minimum Gasteiger partial charge on any atom is -0.379 e. The lowest BCUT2D eigenvalue weighted by Gasteiger charge is -2.26. The van der Waals surface area contributed by atoms with Gasteiger partial charge in [0.2, 0.25) is 15.9 Å². The number of nitrogens with zero attached hydrogens (tertiary/aromatic N) is 2. The fraction of sp³-hybridized carbons (Fsp3) is 0.435. The van der Waals surface area contributed by atoms with Crippen LogP contribution in [0.25, 0.3) is 0 Å². The zero-order valence-corrected chi connectivity index (χ0v) is 18.7. The van der Waals surface area contributed by atoms with Crippen LogP contribution in [0.1, 0.15) is 30.0 Å². The van der Waals surface area contributed by atoms with Crippen molar-refractivity contribution in [2.75, 3.05) is 37.7 Å². The number of fused-ring (bicyclic) bond motifs is 1. The highest BCUT2D eigenvalue weighted by molar-refractivity contribution is 7.89. The van der Waals surface area contributed by atoms with E-state index in [1.54, 1.807) is 23.1 Å². The Hall–Kier alpha value is -2.26. The lowest BCUT2D eigenvalue weighted by atomic mass is 10.1. The summed E-state index contributed by atoms with van der Waals surface area (Å²) < 4.78 is 33.7. The Morgan fingerprint density at radius 2 is 1.74 bits per heavy atom. The topological polar surface area (TPSA) is 79.0 Å². The van der Waals surface area contributed by atoms with Crippen molar-refractivity contribution in [3.05, 3.63) is 59.2 Å². The maximum Gasteiger partial charge on any atom is 0.240 e. The first kappa shape index (κ1) is 22.0. The Morgan fingerprint density at radius 3 is 2.45 bits per heavy atom. The minimum atomic E-state index is -3.63. The number of carbonyl (C=O) groups is 1. The Kier molecular flexibility index (Phi) is 6.71. The summed E-state index contributed by atoms with van der Waals surface area (Å²) in [6.45, 7) is 6.97. The Morgan fingerprint density at radius 1 is 1.03 bits per heavy atom. The molecule has 4 rings (SSSR count). The Labute approximate surface area is 184 Å². The summed E-state index contributed by atoms with van der Waals surface area (Å²) in [6.07, 6.45) is 1.11. The van der Waals surface area contributed by atoms with Gasteiger partial charge in [-0.25, -0.2) is 13.1 Å². The van der Waals surface area contributed by atoms with Crippen molar-refractivity contribution in [3.63, 3.8) is 0 Å². The number of ether oxygens (including phenoxy) is 1. The van der Waals surface area contributed by atoms with E-state index in [9.17, 15) is 13.2 Å². The average Bonchev–Trinajstić information content (AvgIpc) is 3.22. The van der Waals surface area contributed by atoms with E-state index in [1.807, 2.05) is 31.2 Å². The number of rotatable bonds is 7. The molecular formula is C23H29N3O4S. The third-order valence-corrected chi connectivity index (χ3v) is 7.26. The van der Waals surface area contributed by atoms with E-state index in [2.05, 4.69) is 9.62 Å². The van der Waals surface area contributed by atoms with Crippen molar-refractivity contribution in [1.29, 1.82) is 0 Å². The highest BCUT2D eigenvalue weighted by Crippen LogP contribution is 2.30. The van der Waals surface area contributed by atoms with Gasteiger partial charge >= 0.3 is 0 Å². The summed E-state index contributed by atoms with van der Waals surface area (Å²) in [4.78, 5) is 16.4. The van der Waals surface area contributed by atoms with Gasteiger partial charge in [-0.2, -0.15) is 0 Å². The molecule has 2 heterocycles. The minimum absolute atomic E-state index is 0.0598. The molecule has 0 spiro atoms. The summed E-state index contributed by atoms with van der Waals surface area (Å²) in [7, 11) is -3.63. The van der Waals surface area contributed by atoms with Crippen LogP contribution in [-0.4, -0.2) is 52.1 Å². The highest BCUT2D eigenvalue weighted by Gasteiger charge is 2.25. The molecular weight excluding hydrogens is 414 g/mol. The molecule has 1 amide bonds. The molecule has 2 aromatic rings. The van der Waals surface area contributed by atoms with Gasteiger partial charge in [0.05, 0.1) is 18.1 Å². The predicted octanol–water partition coefficient (Wildman–Crippen LogP) is 2.30. The Bertz CT molecular complexity index is 1030. The quantitative estimate of drug-likeness (QED) is 0.710. The molecule has 2 aliphatic rings. The van der Waals surface area contributed by atoms with Crippen LogP contribution in [0.2, 0.25) is 0 Å². The lowest BCUT2D eigenvalue weighted by molar-refractivity contribution is -0.118. The van der Waals surface area contributed by atoms with Crippen LogP contribution in [-0.2, 0) is 39.1 Å². The van der Waals surface area contributed by atoms with E-state index in [1.165, 1.54) is 5.56 Å². The van der Waals surface area contributed by atoms with Crippen LogP contribution < -0.4 is 9.62 Å². The first-order chi connectivity index (χ1) is 15.0. The van der Waals surface area contributed by atoms with Crippen molar-refractivity contribution >= 4 is 21.6 Å². The molecule has 31 heavy (non-hydrogen) atoms. The van der Waals surface area contributed by atoms with Crippen molar-refractivity contribution in [2.24, 2.45) is 0 Å². The number of hydrogen-bond donors (Lipinski definition) is 1. The van der Waals surface area contributed by atoms with Gasteiger partial charge < -0.3 is 9.64 Å². The van der Waals surface area contributed by atoms with Crippen molar-refractivity contribution in [3.8, 4) is 0 Å². The van der Waals surface area contributed by atoms with Gasteiger partial charge in [0, 0.05) is 44.8 Å². The number of sulfonamides is 1. The Balaban J connectivity index is 1.37. The number of nitrogens with one attached hydrogen (secondary N) is 1. The summed E-state index contributed by atoms with van der Waals surface area (Å²) in [5.74, 6) is 0.0598. The molecule has 2 aliphatic heterocycles. The molecule has 1 N–H and O–H groups in total. The molecule has 0 bridgehead atoms. The summed E-state index contributed by atoms with van der Waals surface area (Å²) in [5, 5.41) is 0. The molecule has 0 radical (unpaired) electrons. The summed E-state index contributed by atoms with van der Waals surface area (Å²) in [5.41, 5.74) is 3.84. The molecule has 0 aliphatic carbocycles. The molecule has 0 atom stereocenters. The van der Waals surface area contributed by atoms with Crippen molar-refractivity contribution in [1.82, 2.24) is 9.62 Å². The summed E-state index contributed by atoms with van der Waals surface area (Å²) >= 11 is 0. The molecule has 0 saturated carbocycles. The van der Waals surface area contributed by atoms with Gasteiger partial charge in [0.15, 0.2) is 0 Å². The third kappa shape index (κ3) is 5.15. The normalized spacial score (nSPS) is 17.0. The number of carbonyl (C=O) groups excluding carboxylic acids is 1. The monoisotopic (exact) mass is 443 g/mol. The molecule has 0 unspecified atom stereocenters. The van der Waals surface area contributed by atoms with Gasteiger partial charge in [-0.05, 0) is 41.3 Å². The fourth-order valence-corrected chi connectivity index (χ4v) is 5.10. The molecule has 166 valence electrons. The van der Waals surface area contributed by atoms with Crippen molar-refractivity contribution in [2.45, 2.75) is 37.8 Å². The fourth-order valence-electron chi connectivity index (χ4n) is 4.04. The van der Waals surface area contributed by atoms with Gasteiger partial charge in [0.25, 0.3) is 0 Å². The first-order valence-electron chi connectivity index (χ1n) is 10.8. The maximum atomic E-state index is 12.8. The van der Waals surface area contributed by atoms with Crippen molar-refractivity contribution < 1.29 is 17.9 Å². The molecule has 7 nitrogen and oxygen atoms in total. The summed E-state index contributed by atoms with van der Waals surface area (Å²) in [6, 6.07) is 13.0. The number of hydrogen-bond acceptors (Lipinski definition) is 5. The van der Waals surface area contributed by atoms with Gasteiger partial charge in [-0.1, -0.05) is 31.2 Å². The van der Waals surface area contributed by atoms with Crippen LogP contribution in [0.4, 0.5) is 5.69 Å². The average molecular weight is 444 g/mol. The standard InChI is InChI=1S/C23H29N3O4S/c1-2-23(27)26-10-9-20-15-21(7-8-22(20)26)31(28,29)24-16-18-3-5-19(6-4-18)17-25-11-13-30-14-12-25/h3-8,15,24H,2,9-14,16-17H2,1H3. The third-order valence-electron chi connectivity index (χ3n) is 5.86. The van der Waals surface area contributed by atoms with E-state index < -0.39 is 10.0 Å². The smallest absolute Gasteiger partial charge is 0.240 e. The number of benzene rings is 2. The van der Waals surface area contributed by atoms with E-state index in [4.69, 9.17) is 4.74 Å². The first-order valence-corrected chi connectivity index (χ1v) is 12.3. The number of morpholine rings is 1. The van der Waals surface area contributed by atoms with Crippen LogP contribution in [0.5, 0.6) is 0 Å².